The van der Waals surface area contributed by atoms with Crippen molar-refractivity contribution in [2.45, 2.75) is 71.8 Å². The third-order valence-electron chi connectivity index (χ3n) is 5.81. The van der Waals surface area contributed by atoms with Gasteiger partial charge in [0.15, 0.2) is 0 Å². The van der Waals surface area contributed by atoms with Gasteiger partial charge in [-0.2, -0.15) is 0 Å². The molecule has 1 unspecified atom stereocenters. The SMILES string of the molecule is CCCCP(=O)(OCC(C)C)OC1C2CC3CC(C2)CC1C3. The lowest BCUT2D eigenvalue weighted by Crippen LogP contribution is -2.49. The van der Waals surface area contributed by atoms with E-state index in [2.05, 4.69) is 20.8 Å². The number of unbranched alkanes of at least 4 members (excludes halogenated alkanes) is 1. The van der Waals surface area contributed by atoms with E-state index < -0.39 is 7.60 Å². The van der Waals surface area contributed by atoms with Crippen molar-refractivity contribution in [3.8, 4) is 0 Å². The Labute approximate surface area is 136 Å². The van der Waals surface area contributed by atoms with Crippen molar-refractivity contribution in [2.24, 2.45) is 29.6 Å². The van der Waals surface area contributed by atoms with Gasteiger partial charge in [-0.15, -0.1) is 0 Å². The first kappa shape index (κ1) is 17.0. The quantitative estimate of drug-likeness (QED) is 0.552. The molecule has 0 aliphatic heterocycles. The lowest BCUT2D eigenvalue weighted by molar-refractivity contribution is -0.0842. The van der Waals surface area contributed by atoms with Gasteiger partial charge in [-0.1, -0.05) is 27.2 Å². The highest BCUT2D eigenvalue weighted by atomic mass is 31.2. The molecule has 4 aliphatic rings. The van der Waals surface area contributed by atoms with Gasteiger partial charge in [0.05, 0.1) is 18.9 Å². The van der Waals surface area contributed by atoms with Crippen LogP contribution in [0.4, 0.5) is 0 Å². The van der Waals surface area contributed by atoms with Gasteiger partial charge in [0.1, 0.15) is 0 Å². The zero-order valence-electron chi connectivity index (χ0n) is 14.5. The van der Waals surface area contributed by atoms with Gasteiger partial charge in [-0.25, -0.2) is 0 Å². The van der Waals surface area contributed by atoms with Crippen molar-refractivity contribution in [2.75, 3.05) is 12.8 Å². The van der Waals surface area contributed by atoms with E-state index in [1.807, 2.05) is 0 Å². The van der Waals surface area contributed by atoms with Crippen LogP contribution in [0, 0.1) is 29.6 Å². The number of rotatable bonds is 8. The van der Waals surface area contributed by atoms with Crippen molar-refractivity contribution >= 4 is 7.60 Å². The molecule has 0 saturated heterocycles. The van der Waals surface area contributed by atoms with E-state index in [1.165, 1.54) is 32.1 Å². The molecule has 0 aromatic carbocycles. The van der Waals surface area contributed by atoms with E-state index in [9.17, 15) is 4.57 Å². The molecule has 0 spiro atoms. The summed E-state index contributed by atoms with van der Waals surface area (Å²) >= 11 is 0. The molecular formula is C18H33O3P. The van der Waals surface area contributed by atoms with Crippen molar-refractivity contribution < 1.29 is 13.6 Å². The molecule has 4 rings (SSSR count). The Kier molecular flexibility index (Phi) is 5.37. The van der Waals surface area contributed by atoms with Gasteiger partial charge in [0.2, 0.25) is 0 Å². The van der Waals surface area contributed by atoms with E-state index in [-0.39, 0.29) is 6.10 Å². The van der Waals surface area contributed by atoms with Crippen molar-refractivity contribution in [1.29, 1.82) is 0 Å². The minimum Gasteiger partial charge on any atom is -0.308 e. The summed E-state index contributed by atoms with van der Waals surface area (Å²) in [4.78, 5) is 0. The summed E-state index contributed by atoms with van der Waals surface area (Å²) in [6.07, 6.45) is 9.43. The van der Waals surface area contributed by atoms with Crippen LogP contribution in [0.5, 0.6) is 0 Å². The smallest absolute Gasteiger partial charge is 0.308 e. The topological polar surface area (TPSA) is 35.5 Å². The summed E-state index contributed by atoms with van der Waals surface area (Å²) in [7, 11) is -2.92. The molecule has 4 fully saturated rings. The molecule has 0 aromatic rings. The molecule has 0 amide bonds. The van der Waals surface area contributed by atoms with Crippen molar-refractivity contribution in [3.05, 3.63) is 0 Å². The largest absolute Gasteiger partial charge is 0.330 e. The number of hydrogen-bond donors (Lipinski definition) is 0. The first-order valence-electron chi connectivity index (χ1n) is 9.41. The van der Waals surface area contributed by atoms with Crippen LogP contribution in [-0.2, 0) is 13.6 Å². The second-order valence-corrected chi connectivity index (χ2v) is 10.5. The third-order valence-corrected chi connectivity index (χ3v) is 7.78. The maximum absolute atomic E-state index is 13.2. The van der Waals surface area contributed by atoms with Gasteiger partial charge in [-0.3, -0.25) is 4.57 Å². The summed E-state index contributed by atoms with van der Waals surface area (Å²) in [6, 6.07) is 0. The van der Waals surface area contributed by atoms with Crippen LogP contribution in [-0.4, -0.2) is 18.9 Å². The van der Waals surface area contributed by atoms with Crippen LogP contribution in [0.3, 0.4) is 0 Å². The van der Waals surface area contributed by atoms with E-state index in [1.54, 1.807) is 0 Å². The van der Waals surface area contributed by atoms with Crippen LogP contribution in [0.15, 0.2) is 0 Å². The predicted octanol–water partition coefficient (Wildman–Crippen LogP) is 5.49. The van der Waals surface area contributed by atoms with Crippen molar-refractivity contribution in [1.82, 2.24) is 0 Å². The molecule has 0 radical (unpaired) electrons. The Morgan fingerprint density at radius 2 is 1.64 bits per heavy atom. The maximum atomic E-state index is 13.2. The molecule has 4 saturated carbocycles. The zero-order valence-corrected chi connectivity index (χ0v) is 15.4. The van der Waals surface area contributed by atoms with Gasteiger partial charge < -0.3 is 9.05 Å². The molecule has 1 atom stereocenters. The molecule has 0 N–H and O–H groups in total. The molecule has 128 valence electrons. The second kappa shape index (κ2) is 6.95. The zero-order chi connectivity index (χ0) is 15.7. The lowest BCUT2D eigenvalue weighted by atomic mass is 9.55. The standard InChI is InChI=1S/C18H33O3P/c1-4-5-6-22(19,20-12-13(2)3)21-18-16-8-14-7-15(10-16)11-17(18)9-14/h13-18H,4-12H2,1-3H3. The van der Waals surface area contributed by atoms with Gasteiger partial charge in [-0.05, 0) is 68.1 Å². The van der Waals surface area contributed by atoms with Crippen LogP contribution >= 0.6 is 7.60 Å². The van der Waals surface area contributed by atoms with Gasteiger partial charge in [0.25, 0.3) is 0 Å². The monoisotopic (exact) mass is 328 g/mol. The molecule has 0 heterocycles. The fourth-order valence-corrected chi connectivity index (χ4v) is 7.23. The number of hydrogen-bond acceptors (Lipinski definition) is 3. The van der Waals surface area contributed by atoms with E-state index in [0.717, 1.165) is 24.7 Å². The van der Waals surface area contributed by atoms with Crippen LogP contribution < -0.4 is 0 Å². The fraction of sp³-hybridized carbons (Fsp3) is 1.00. The highest BCUT2D eigenvalue weighted by molar-refractivity contribution is 7.53. The summed E-state index contributed by atoms with van der Waals surface area (Å²) < 4.78 is 25.4. The van der Waals surface area contributed by atoms with Gasteiger partial charge >= 0.3 is 7.60 Å². The second-order valence-electron chi connectivity index (χ2n) is 8.38. The Hall–Kier alpha value is 0.150. The Bertz CT molecular complexity index is 393. The van der Waals surface area contributed by atoms with Crippen molar-refractivity contribution in [3.63, 3.8) is 0 Å². The summed E-state index contributed by atoms with van der Waals surface area (Å²) in [5.74, 6) is 3.54. The molecule has 4 aliphatic carbocycles. The summed E-state index contributed by atoms with van der Waals surface area (Å²) in [6.45, 7) is 6.89. The molecule has 3 nitrogen and oxygen atoms in total. The van der Waals surface area contributed by atoms with E-state index >= 15 is 0 Å². The average Bonchev–Trinajstić information content (AvgIpc) is 2.46. The Balaban J connectivity index is 1.65. The molecule has 4 heteroatoms. The molecule has 22 heavy (non-hydrogen) atoms. The Morgan fingerprint density at radius 1 is 1.05 bits per heavy atom. The minimum atomic E-state index is -2.92. The molecule has 0 aromatic heterocycles. The first-order valence-corrected chi connectivity index (χ1v) is 11.1. The minimum absolute atomic E-state index is 0.211. The summed E-state index contributed by atoms with van der Waals surface area (Å²) in [5, 5.41) is 0. The maximum Gasteiger partial charge on any atom is 0.330 e. The predicted molar refractivity (Wildman–Crippen MR) is 90.1 cm³/mol. The highest BCUT2D eigenvalue weighted by Crippen LogP contribution is 2.60. The highest BCUT2D eigenvalue weighted by Gasteiger charge is 2.50. The first-order chi connectivity index (χ1) is 10.5. The normalized spacial score (nSPS) is 39.4. The van der Waals surface area contributed by atoms with Crippen LogP contribution in [0.2, 0.25) is 0 Å². The van der Waals surface area contributed by atoms with E-state index in [4.69, 9.17) is 9.05 Å². The van der Waals surface area contributed by atoms with Crippen LogP contribution in [0.25, 0.3) is 0 Å². The Morgan fingerprint density at radius 3 is 2.14 bits per heavy atom. The van der Waals surface area contributed by atoms with Crippen LogP contribution in [0.1, 0.15) is 65.7 Å². The molecular weight excluding hydrogens is 295 g/mol. The summed E-state index contributed by atoms with van der Waals surface area (Å²) in [5.41, 5.74) is 0. The average molecular weight is 328 g/mol. The fourth-order valence-electron chi connectivity index (χ4n) is 4.99. The lowest BCUT2D eigenvalue weighted by Gasteiger charge is -2.54. The van der Waals surface area contributed by atoms with E-state index in [0.29, 0.717) is 30.5 Å². The molecule has 4 bridgehead atoms. The van der Waals surface area contributed by atoms with Gasteiger partial charge in [0, 0.05) is 0 Å². The third kappa shape index (κ3) is 3.79.